The third-order valence-electron chi connectivity index (χ3n) is 5.31. The standard InChI is InChI=1S/C21H22FNO4/c22-17-8-4-5-15(13-17)18(24)14-19(25)23-11-9-21(10-12-23,20(26)27)16-6-2-1-3-7-16/h1-8,13,18,24H,9-12,14H2,(H,26,27)/t18-/m0/s1. The van der Waals surface area contributed by atoms with Crippen LogP contribution in [0.3, 0.4) is 0 Å². The molecule has 1 heterocycles. The number of benzene rings is 2. The lowest BCUT2D eigenvalue weighted by Crippen LogP contribution is -2.49. The van der Waals surface area contributed by atoms with Crippen LogP contribution in [0.4, 0.5) is 4.39 Å². The van der Waals surface area contributed by atoms with Gasteiger partial charge in [-0.25, -0.2) is 4.39 Å². The molecule has 1 amide bonds. The van der Waals surface area contributed by atoms with Gasteiger partial charge in [0.1, 0.15) is 5.82 Å². The summed E-state index contributed by atoms with van der Waals surface area (Å²) in [5.41, 5.74) is 0.0908. The smallest absolute Gasteiger partial charge is 0.314 e. The number of amides is 1. The molecular formula is C21H22FNO4. The molecule has 5 nitrogen and oxygen atoms in total. The van der Waals surface area contributed by atoms with Gasteiger partial charge in [0.2, 0.25) is 5.91 Å². The lowest BCUT2D eigenvalue weighted by molar-refractivity contribution is -0.148. The lowest BCUT2D eigenvalue weighted by Gasteiger charge is -2.39. The van der Waals surface area contributed by atoms with E-state index in [-0.39, 0.29) is 12.3 Å². The van der Waals surface area contributed by atoms with Crippen molar-refractivity contribution in [2.45, 2.75) is 30.8 Å². The second kappa shape index (κ2) is 7.88. The van der Waals surface area contributed by atoms with Crippen LogP contribution < -0.4 is 0 Å². The van der Waals surface area contributed by atoms with Gasteiger partial charge in [0, 0.05) is 13.1 Å². The monoisotopic (exact) mass is 371 g/mol. The van der Waals surface area contributed by atoms with Crippen LogP contribution in [-0.4, -0.2) is 40.1 Å². The van der Waals surface area contributed by atoms with E-state index in [1.54, 1.807) is 23.1 Å². The van der Waals surface area contributed by atoms with E-state index < -0.39 is 23.3 Å². The number of aliphatic carboxylic acids is 1. The third-order valence-corrected chi connectivity index (χ3v) is 5.31. The summed E-state index contributed by atoms with van der Waals surface area (Å²) in [6.45, 7) is 0.603. The molecule has 1 atom stereocenters. The molecule has 2 aromatic rings. The summed E-state index contributed by atoms with van der Waals surface area (Å²) in [7, 11) is 0. The van der Waals surface area contributed by atoms with Gasteiger partial charge in [-0.1, -0.05) is 42.5 Å². The van der Waals surface area contributed by atoms with E-state index in [1.165, 1.54) is 18.2 Å². The van der Waals surface area contributed by atoms with Gasteiger partial charge in [0.05, 0.1) is 17.9 Å². The molecule has 1 aliphatic heterocycles. The van der Waals surface area contributed by atoms with E-state index in [2.05, 4.69) is 0 Å². The fourth-order valence-corrected chi connectivity index (χ4v) is 3.65. The van der Waals surface area contributed by atoms with Gasteiger partial charge in [-0.3, -0.25) is 9.59 Å². The predicted octanol–water partition coefficient (Wildman–Crippen LogP) is 2.89. The molecule has 1 saturated heterocycles. The van der Waals surface area contributed by atoms with E-state index in [1.807, 2.05) is 18.2 Å². The number of hydrogen-bond donors (Lipinski definition) is 2. The molecule has 1 fully saturated rings. The van der Waals surface area contributed by atoms with Crippen LogP contribution >= 0.6 is 0 Å². The van der Waals surface area contributed by atoms with Crippen LogP contribution in [0.15, 0.2) is 54.6 Å². The van der Waals surface area contributed by atoms with Crippen molar-refractivity contribution in [3.05, 3.63) is 71.5 Å². The van der Waals surface area contributed by atoms with Crippen molar-refractivity contribution in [1.82, 2.24) is 4.90 Å². The first-order valence-electron chi connectivity index (χ1n) is 8.92. The molecular weight excluding hydrogens is 349 g/mol. The molecule has 2 N–H and O–H groups in total. The van der Waals surface area contributed by atoms with Crippen LogP contribution in [0.1, 0.15) is 36.5 Å². The minimum atomic E-state index is -1.09. The van der Waals surface area contributed by atoms with Crippen molar-refractivity contribution in [1.29, 1.82) is 0 Å². The summed E-state index contributed by atoms with van der Waals surface area (Å²) in [6.07, 6.45) is -0.620. The van der Waals surface area contributed by atoms with Crippen molar-refractivity contribution in [2.75, 3.05) is 13.1 Å². The molecule has 0 aliphatic carbocycles. The van der Waals surface area contributed by atoms with Crippen LogP contribution in [-0.2, 0) is 15.0 Å². The number of aliphatic hydroxyl groups is 1. The maximum atomic E-state index is 13.3. The Morgan fingerprint density at radius 2 is 1.74 bits per heavy atom. The molecule has 6 heteroatoms. The largest absolute Gasteiger partial charge is 0.481 e. The first-order chi connectivity index (χ1) is 12.9. The van der Waals surface area contributed by atoms with E-state index in [0.29, 0.717) is 31.5 Å². The first-order valence-corrected chi connectivity index (χ1v) is 8.92. The van der Waals surface area contributed by atoms with Crippen molar-refractivity contribution < 1.29 is 24.2 Å². The van der Waals surface area contributed by atoms with Crippen LogP contribution in [0.2, 0.25) is 0 Å². The lowest BCUT2D eigenvalue weighted by atomic mass is 9.73. The van der Waals surface area contributed by atoms with E-state index >= 15 is 0 Å². The van der Waals surface area contributed by atoms with Gasteiger partial charge in [-0.15, -0.1) is 0 Å². The highest BCUT2D eigenvalue weighted by Crippen LogP contribution is 2.36. The van der Waals surface area contributed by atoms with Gasteiger partial charge in [-0.05, 0) is 36.1 Å². The summed E-state index contributed by atoms with van der Waals surface area (Å²) >= 11 is 0. The number of piperidine rings is 1. The summed E-state index contributed by atoms with van der Waals surface area (Å²) < 4.78 is 13.3. The Kier molecular flexibility index (Phi) is 5.56. The summed E-state index contributed by atoms with van der Waals surface area (Å²) in [6, 6.07) is 14.6. The van der Waals surface area contributed by atoms with Gasteiger partial charge >= 0.3 is 5.97 Å². The zero-order valence-corrected chi connectivity index (χ0v) is 14.8. The molecule has 0 bridgehead atoms. The molecule has 142 valence electrons. The summed E-state index contributed by atoms with van der Waals surface area (Å²) in [5, 5.41) is 20.0. The van der Waals surface area contributed by atoms with Crippen LogP contribution in [0.5, 0.6) is 0 Å². The minimum Gasteiger partial charge on any atom is -0.481 e. The Morgan fingerprint density at radius 1 is 1.07 bits per heavy atom. The number of likely N-dealkylation sites (tertiary alicyclic amines) is 1. The number of hydrogen-bond acceptors (Lipinski definition) is 3. The first kappa shape index (κ1) is 19.0. The Balaban J connectivity index is 1.66. The normalized spacial score (nSPS) is 17.3. The fourth-order valence-electron chi connectivity index (χ4n) is 3.65. The van der Waals surface area contributed by atoms with Crippen LogP contribution in [0.25, 0.3) is 0 Å². The topological polar surface area (TPSA) is 77.8 Å². The number of halogens is 1. The van der Waals surface area contributed by atoms with Gasteiger partial charge in [-0.2, -0.15) is 0 Å². The molecule has 0 radical (unpaired) electrons. The van der Waals surface area contributed by atoms with Crippen molar-refractivity contribution >= 4 is 11.9 Å². The summed E-state index contributed by atoms with van der Waals surface area (Å²) in [5.74, 6) is -1.62. The molecule has 0 aromatic heterocycles. The zero-order chi connectivity index (χ0) is 19.4. The van der Waals surface area contributed by atoms with E-state index in [0.717, 1.165) is 5.56 Å². The van der Waals surface area contributed by atoms with Crippen molar-refractivity contribution in [3.63, 3.8) is 0 Å². The number of carbonyl (C=O) groups excluding carboxylic acids is 1. The Hall–Kier alpha value is -2.73. The molecule has 0 unspecified atom stereocenters. The number of nitrogens with zero attached hydrogens (tertiary/aromatic N) is 1. The van der Waals surface area contributed by atoms with Gasteiger partial charge in [0.15, 0.2) is 0 Å². The highest BCUT2D eigenvalue weighted by molar-refractivity contribution is 5.83. The molecule has 0 saturated carbocycles. The second-order valence-corrected chi connectivity index (χ2v) is 6.91. The zero-order valence-electron chi connectivity index (χ0n) is 14.8. The molecule has 0 spiro atoms. The minimum absolute atomic E-state index is 0.158. The summed E-state index contributed by atoms with van der Waals surface area (Å²) in [4.78, 5) is 26.1. The van der Waals surface area contributed by atoms with Crippen molar-refractivity contribution in [2.24, 2.45) is 0 Å². The molecule has 27 heavy (non-hydrogen) atoms. The van der Waals surface area contributed by atoms with E-state index in [4.69, 9.17) is 0 Å². The number of carbonyl (C=O) groups is 2. The fraction of sp³-hybridized carbons (Fsp3) is 0.333. The Morgan fingerprint density at radius 3 is 2.33 bits per heavy atom. The average Bonchev–Trinajstić information content (AvgIpc) is 2.68. The second-order valence-electron chi connectivity index (χ2n) is 6.91. The number of rotatable bonds is 5. The van der Waals surface area contributed by atoms with Crippen molar-refractivity contribution in [3.8, 4) is 0 Å². The van der Waals surface area contributed by atoms with Gasteiger partial charge in [0.25, 0.3) is 0 Å². The molecule has 3 rings (SSSR count). The molecule has 1 aliphatic rings. The molecule has 2 aromatic carbocycles. The highest BCUT2D eigenvalue weighted by Gasteiger charge is 2.43. The van der Waals surface area contributed by atoms with Gasteiger partial charge < -0.3 is 15.1 Å². The van der Waals surface area contributed by atoms with E-state index in [9.17, 15) is 24.2 Å². The highest BCUT2D eigenvalue weighted by atomic mass is 19.1. The maximum Gasteiger partial charge on any atom is 0.314 e. The number of carboxylic acid groups (broad SMARTS) is 1. The SMILES string of the molecule is O=C(C[C@H](O)c1cccc(F)c1)N1CCC(C(=O)O)(c2ccccc2)CC1. The quantitative estimate of drug-likeness (QED) is 0.847. The number of carboxylic acids is 1. The predicted molar refractivity (Wildman–Crippen MR) is 97.5 cm³/mol. The average molecular weight is 371 g/mol. The van der Waals surface area contributed by atoms with Crippen LogP contribution in [0, 0.1) is 5.82 Å². The Labute approximate surface area is 157 Å². The Bertz CT molecular complexity index is 816. The maximum absolute atomic E-state index is 13.3. The third kappa shape index (κ3) is 4.01. The number of aliphatic hydroxyl groups excluding tert-OH is 1.